The summed E-state index contributed by atoms with van der Waals surface area (Å²) in [5.74, 6) is 0.489. The lowest BCUT2D eigenvalue weighted by Crippen LogP contribution is -2.25. The van der Waals surface area contributed by atoms with Gasteiger partial charge in [0.1, 0.15) is 0 Å². The monoisotopic (exact) mass is 195 g/mol. The molecule has 2 nitrogen and oxygen atoms in total. The summed E-state index contributed by atoms with van der Waals surface area (Å²) < 4.78 is 0. The van der Waals surface area contributed by atoms with E-state index in [0.29, 0.717) is 5.92 Å². The molecule has 0 aromatic carbocycles. The third-order valence-corrected chi connectivity index (χ3v) is 1.63. The second-order valence-corrected chi connectivity index (χ2v) is 3.71. The van der Waals surface area contributed by atoms with Crippen LogP contribution in [0.4, 0.5) is 0 Å². The summed E-state index contributed by atoms with van der Waals surface area (Å²) >= 11 is 0. The number of hydrogen-bond donors (Lipinski definition) is 1. The maximum atomic E-state index is 11.1. The van der Waals surface area contributed by atoms with Crippen LogP contribution in [0.1, 0.15) is 33.6 Å². The van der Waals surface area contributed by atoms with Crippen molar-refractivity contribution in [3.8, 4) is 0 Å². The fourth-order valence-electron chi connectivity index (χ4n) is 0.848. The first-order chi connectivity index (χ1) is 6.66. The summed E-state index contributed by atoms with van der Waals surface area (Å²) in [4.78, 5) is 11.1. The van der Waals surface area contributed by atoms with Gasteiger partial charge in [0.25, 0.3) is 0 Å². The Kier molecular flexibility index (Phi) is 7.90. The number of carbonyl (C=O) groups excluding carboxylic acids is 1. The zero-order valence-corrected chi connectivity index (χ0v) is 9.42. The van der Waals surface area contributed by atoms with Crippen LogP contribution >= 0.6 is 0 Å². The molecule has 80 valence electrons. The molecular weight excluding hydrogens is 174 g/mol. The van der Waals surface area contributed by atoms with Crippen LogP contribution < -0.4 is 5.32 Å². The number of amides is 1. The lowest BCUT2D eigenvalue weighted by molar-refractivity contribution is -0.116. The SMILES string of the molecule is CCC/C=C/C=C/C(=O)NCC(C)C. The van der Waals surface area contributed by atoms with Crippen molar-refractivity contribution in [2.24, 2.45) is 5.92 Å². The van der Waals surface area contributed by atoms with Crippen LogP contribution in [0.15, 0.2) is 24.3 Å². The van der Waals surface area contributed by atoms with Gasteiger partial charge < -0.3 is 5.32 Å². The average Bonchev–Trinajstić information content (AvgIpc) is 2.14. The topological polar surface area (TPSA) is 29.1 Å². The predicted octanol–water partition coefficient (Wildman–Crippen LogP) is 2.67. The average molecular weight is 195 g/mol. The van der Waals surface area contributed by atoms with E-state index >= 15 is 0 Å². The first-order valence-electron chi connectivity index (χ1n) is 5.27. The van der Waals surface area contributed by atoms with E-state index in [-0.39, 0.29) is 5.91 Å². The Morgan fingerprint density at radius 3 is 2.64 bits per heavy atom. The molecule has 0 rings (SSSR count). The highest BCUT2D eigenvalue weighted by molar-refractivity contribution is 5.87. The molecule has 0 bridgehead atoms. The van der Waals surface area contributed by atoms with Gasteiger partial charge in [0.05, 0.1) is 0 Å². The zero-order chi connectivity index (χ0) is 10.8. The second-order valence-electron chi connectivity index (χ2n) is 3.71. The highest BCUT2D eigenvalue weighted by Gasteiger charge is 1.95. The Bertz CT molecular complexity index is 204. The summed E-state index contributed by atoms with van der Waals surface area (Å²) in [5, 5.41) is 2.81. The van der Waals surface area contributed by atoms with E-state index in [9.17, 15) is 4.79 Å². The molecule has 0 aliphatic rings. The van der Waals surface area contributed by atoms with E-state index in [1.165, 1.54) is 0 Å². The first kappa shape index (κ1) is 12.9. The highest BCUT2D eigenvalue weighted by atomic mass is 16.1. The molecule has 0 heterocycles. The number of rotatable bonds is 6. The molecule has 0 spiro atoms. The van der Waals surface area contributed by atoms with E-state index in [2.05, 4.69) is 32.2 Å². The van der Waals surface area contributed by atoms with Gasteiger partial charge in [0.2, 0.25) is 5.91 Å². The zero-order valence-electron chi connectivity index (χ0n) is 9.42. The molecule has 0 aliphatic carbocycles. The van der Waals surface area contributed by atoms with Crippen molar-refractivity contribution >= 4 is 5.91 Å². The molecule has 0 atom stereocenters. The molecule has 0 radical (unpaired) electrons. The highest BCUT2D eigenvalue weighted by Crippen LogP contribution is 1.89. The number of allylic oxidation sites excluding steroid dienone is 3. The van der Waals surface area contributed by atoms with Gasteiger partial charge in [-0.1, -0.05) is 45.4 Å². The van der Waals surface area contributed by atoms with E-state index < -0.39 is 0 Å². The number of nitrogens with one attached hydrogen (secondary N) is 1. The Morgan fingerprint density at radius 2 is 2.07 bits per heavy atom. The van der Waals surface area contributed by atoms with Gasteiger partial charge in [0.15, 0.2) is 0 Å². The van der Waals surface area contributed by atoms with Gasteiger partial charge >= 0.3 is 0 Å². The fourth-order valence-corrected chi connectivity index (χ4v) is 0.848. The summed E-state index contributed by atoms with van der Waals surface area (Å²) in [6.45, 7) is 7.02. The van der Waals surface area contributed by atoms with Gasteiger partial charge in [-0.15, -0.1) is 0 Å². The van der Waals surface area contributed by atoms with E-state index in [1.54, 1.807) is 12.2 Å². The first-order valence-corrected chi connectivity index (χ1v) is 5.27. The van der Waals surface area contributed by atoms with Crippen LogP contribution in [0.2, 0.25) is 0 Å². The van der Waals surface area contributed by atoms with Crippen LogP contribution in [0.5, 0.6) is 0 Å². The van der Waals surface area contributed by atoms with Crippen molar-refractivity contribution in [1.82, 2.24) is 5.32 Å². The minimum atomic E-state index is -0.0140. The fraction of sp³-hybridized carbons (Fsp3) is 0.583. The molecular formula is C12H21NO. The summed E-state index contributed by atoms with van der Waals surface area (Å²) in [6, 6.07) is 0. The molecule has 1 N–H and O–H groups in total. The molecule has 0 saturated carbocycles. The molecule has 14 heavy (non-hydrogen) atoms. The lowest BCUT2D eigenvalue weighted by Gasteiger charge is -2.03. The van der Waals surface area contributed by atoms with Crippen LogP contribution in [-0.4, -0.2) is 12.5 Å². The van der Waals surface area contributed by atoms with Gasteiger partial charge in [-0.05, 0) is 12.3 Å². The molecule has 0 aromatic rings. The Labute approximate surface area is 87.1 Å². The molecule has 0 fully saturated rings. The summed E-state index contributed by atoms with van der Waals surface area (Å²) in [7, 11) is 0. The molecule has 1 amide bonds. The van der Waals surface area contributed by atoms with Gasteiger partial charge in [-0.25, -0.2) is 0 Å². The third kappa shape index (κ3) is 9.04. The van der Waals surface area contributed by atoms with Crippen molar-refractivity contribution in [3.63, 3.8) is 0 Å². The largest absolute Gasteiger partial charge is 0.352 e. The van der Waals surface area contributed by atoms with Gasteiger partial charge in [0, 0.05) is 12.6 Å². The Morgan fingerprint density at radius 1 is 1.36 bits per heavy atom. The van der Waals surface area contributed by atoms with Crippen LogP contribution in [-0.2, 0) is 4.79 Å². The Hall–Kier alpha value is -1.05. The number of unbranched alkanes of at least 4 members (excludes halogenated alkanes) is 1. The molecule has 0 aromatic heterocycles. The summed E-state index contributed by atoms with van der Waals surface area (Å²) in [6.07, 6.45) is 9.53. The van der Waals surface area contributed by atoms with Crippen molar-refractivity contribution in [1.29, 1.82) is 0 Å². The third-order valence-electron chi connectivity index (χ3n) is 1.63. The van der Waals surface area contributed by atoms with Gasteiger partial charge in [-0.3, -0.25) is 4.79 Å². The van der Waals surface area contributed by atoms with Crippen molar-refractivity contribution < 1.29 is 4.79 Å². The lowest BCUT2D eigenvalue weighted by atomic mass is 10.2. The molecule has 0 unspecified atom stereocenters. The molecule has 2 heteroatoms. The normalized spacial score (nSPS) is 11.7. The molecule has 0 aliphatic heterocycles. The Balaban J connectivity index is 3.60. The van der Waals surface area contributed by atoms with Gasteiger partial charge in [-0.2, -0.15) is 0 Å². The van der Waals surface area contributed by atoms with Crippen molar-refractivity contribution in [3.05, 3.63) is 24.3 Å². The van der Waals surface area contributed by atoms with Crippen LogP contribution in [0.3, 0.4) is 0 Å². The maximum Gasteiger partial charge on any atom is 0.243 e. The smallest absolute Gasteiger partial charge is 0.243 e. The second kappa shape index (κ2) is 8.54. The van der Waals surface area contributed by atoms with Crippen LogP contribution in [0.25, 0.3) is 0 Å². The van der Waals surface area contributed by atoms with Crippen molar-refractivity contribution in [2.75, 3.05) is 6.54 Å². The minimum Gasteiger partial charge on any atom is -0.352 e. The maximum absolute atomic E-state index is 11.1. The summed E-state index contributed by atoms with van der Waals surface area (Å²) in [5.41, 5.74) is 0. The van der Waals surface area contributed by atoms with E-state index in [0.717, 1.165) is 19.4 Å². The standard InChI is InChI=1S/C12H21NO/c1-4-5-6-7-8-9-12(14)13-10-11(2)3/h6-9,11H,4-5,10H2,1-3H3,(H,13,14)/b7-6+,9-8+. The minimum absolute atomic E-state index is 0.0140. The predicted molar refractivity (Wildman–Crippen MR) is 61.0 cm³/mol. The number of carbonyl (C=O) groups is 1. The van der Waals surface area contributed by atoms with E-state index in [4.69, 9.17) is 0 Å². The van der Waals surface area contributed by atoms with E-state index in [1.807, 2.05) is 6.08 Å². The number of hydrogen-bond acceptors (Lipinski definition) is 1. The van der Waals surface area contributed by atoms with Crippen LogP contribution in [0, 0.1) is 5.92 Å². The molecule has 0 saturated heterocycles. The van der Waals surface area contributed by atoms with Crippen molar-refractivity contribution in [2.45, 2.75) is 33.6 Å². The quantitative estimate of drug-likeness (QED) is 0.512.